The third-order valence-corrected chi connectivity index (χ3v) is 3.41. The van der Waals surface area contributed by atoms with Crippen molar-refractivity contribution in [1.82, 2.24) is 10.3 Å². The van der Waals surface area contributed by atoms with Crippen LogP contribution in [0.4, 0.5) is 5.82 Å². The normalized spacial score (nSPS) is 21.6. The largest absolute Gasteiger partial charge is 0.351 e. The molecule has 2 rings (SSSR count). The number of piperazine rings is 1. The van der Waals surface area contributed by atoms with Gasteiger partial charge in [-0.3, -0.25) is 0 Å². The number of rotatable bonds is 1. The smallest absolute Gasteiger partial charge is 0.128 e. The molecule has 1 atom stereocenters. The molecule has 0 aromatic carbocycles. The fraction of sp³-hybridized carbons (Fsp3) is 0.643. The molecular weight excluding hydrogens is 210 g/mol. The van der Waals surface area contributed by atoms with Crippen LogP contribution in [-0.4, -0.2) is 30.7 Å². The van der Waals surface area contributed by atoms with Crippen LogP contribution in [0, 0.1) is 0 Å². The minimum atomic E-state index is 0.181. The van der Waals surface area contributed by atoms with Crippen LogP contribution >= 0.6 is 0 Å². The van der Waals surface area contributed by atoms with Crippen molar-refractivity contribution in [2.24, 2.45) is 0 Å². The Morgan fingerprint density at radius 1 is 1.35 bits per heavy atom. The van der Waals surface area contributed by atoms with E-state index in [-0.39, 0.29) is 5.41 Å². The second kappa shape index (κ2) is 4.65. The third-order valence-electron chi connectivity index (χ3n) is 3.41. The standard InChI is InChI=1S/C14H23N3/c1-11-9-15-7-8-17(11)13-6-5-12(10-16-13)14(2,3)4/h5-6,10-11,15H,7-9H2,1-4H3. The maximum atomic E-state index is 4.62. The summed E-state index contributed by atoms with van der Waals surface area (Å²) in [4.78, 5) is 7.00. The van der Waals surface area contributed by atoms with E-state index in [1.54, 1.807) is 0 Å². The van der Waals surface area contributed by atoms with E-state index in [1.165, 1.54) is 5.56 Å². The van der Waals surface area contributed by atoms with E-state index in [1.807, 2.05) is 6.20 Å². The number of nitrogens with one attached hydrogen (secondary N) is 1. The van der Waals surface area contributed by atoms with Crippen molar-refractivity contribution in [3.63, 3.8) is 0 Å². The van der Waals surface area contributed by atoms with Gasteiger partial charge in [0.25, 0.3) is 0 Å². The number of nitrogens with zero attached hydrogens (tertiary/aromatic N) is 2. The molecule has 3 heteroatoms. The first-order chi connectivity index (χ1) is 7.98. The monoisotopic (exact) mass is 233 g/mol. The Morgan fingerprint density at radius 2 is 2.12 bits per heavy atom. The van der Waals surface area contributed by atoms with Crippen LogP contribution in [0.3, 0.4) is 0 Å². The number of anilines is 1. The second-order valence-corrected chi connectivity index (χ2v) is 5.90. The van der Waals surface area contributed by atoms with Crippen LogP contribution < -0.4 is 10.2 Å². The number of hydrogen-bond donors (Lipinski definition) is 1. The average Bonchev–Trinajstić information content (AvgIpc) is 2.29. The molecule has 2 heterocycles. The van der Waals surface area contributed by atoms with E-state index < -0.39 is 0 Å². The summed E-state index contributed by atoms with van der Waals surface area (Å²) in [7, 11) is 0. The molecular formula is C14H23N3. The zero-order valence-corrected chi connectivity index (χ0v) is 11.3. The van der Waals surface area contributed by atoms with Gasteiger partial charge in [0, 0.05) is 31.9 Å². The first-order valence-corrected chi connectivity index (χ1v) is 6.42. The van der Waals surface area contributed by atoms with Gasteiger partial charge in [-0.1, -0.05) is 26.8 Å². The van der Waals surface area contributed by atoms with Crippen molar-refractivity contribution < 1.29 is 0 Å². The van der Waals surface area contributed by atoms with Crippen molar-refractivity contribution in [3.05, 3.63) is 23.9 Å². The summed E-state index contributed by atoms with van der Waals surface area (Å²) in [5.74, 6) is 1.10. The van der Waals surface area contributed by atoms with Gasteiger partial charge in [0.1, 0.15) is 5.82 Å². The van der Waals surface area contributed by atoms with Crippen molar-refractivity contribution in [3.8, 4) is 0 Å². The van der Waals surface area contributed by atoms with E-state index in [0.29, 0.717) is 6.04 Å². The molecule has 0 bridgehead atoms. The maximum absolute atomic E-state index is 4.62. The minimum Gasteiger partial charge on any atom is -0.351 e. The van der Waals surface area contributed by atoms with Crippen LogP contribution in [0.25, 0.3) is 0 Å². The molecule has 1 aliphatic rings. The van der Waals surface area contributed by atoms with Crippen LogP contribution in [0.2, 0.25) is 0 Å². The fourth-order valence-corrected chi connectivity index (χ4v) is 2.18. The third kappa shape index (κ3) is 2.78. The fourth-order valence-electron chi connectivity index (χ4n) is 2.18. The van der Waals surface area contributed by atoms with E-state index in [0.717, 1.165) is 25.5 Å². The molecule has 0 saturated carbocycles. The predicted molar refractivity (Wildman–Crippen MR) is 72.6 cm³/mol. The molecule has 1 saturated heterocycles. The summed E-state index contributed by atoms with van der Waals surface area (Å²) in [6.07, 6.45) is 2.02. The van der Waals surface area contributed by atoms with Crippen molar-refractivity contribution in [2.45, 2.75) is 39.2 Å². The van der Waals surface area contributed by atoms with Crippen LogP contribution in [-0.2, 0) is 5.41 Å². The lowest BCUT2D eigenvalue weighted by Gasteiger charge is -2.35. The van der Waals surface area contributed by atoms with Crippen LogP contribution in [0.15, 0.2) is 18.3 Å². The summed E-state index contributed by atoms with van der Waals surface area (Å²) >= 11 is 0. The second-order valence-electron chi connectivity index (χ2n) is 5.90. The molecule has 3 nitrogen and oxygen atoms in total. The number of hydrogen-bond acceptors (Lipinski definition) is 3. The van der Waals surface area contributed by atoms with E-state index in [4.69, 9.17) is 0 Å². The molecule has 17 heavy (non-hydrogen) atoms. The Bertz CT molecular complexity index is 364. The summed E-state index contributed by atoms with van der Waals surface area (Å²) in [5, 5.41) is 3.40. The molecule has 0 aliphatic carbocycles. The van der Waals surface area contributed by atoms with Crippen molar-refractivity contribution in [2.75, 3.05) is 24.5 Å². The highest BCUT2D eigenvalue weighted by atomic mass is 15.3. The molecule has 0 amide bonds. The first kappa shape index (κ1) is 12.4. The Kier molecular flexibility index (Phi) is 3.38. The van der Waals surface area contributed by atoms with Gasteiger partial charge >= 0.3 is 0 Å². The summed E-state index contributed by atoms with van der Waals surface area (Å²) in [6.45, 7) is 12.0. The highest BCUT2D eigenvalue weighted by Gasteiger charge is 2.20. The molecule has 1 N–H and O–H groups in total. The summed E-state index contributed by atoms with van der Waals surface area (Å²) in [6, 6.07) is 4.89. The Morgan fingerprint density at radius 3 is 2.65 bits per heavy atom. The molecule has 0 spiro atoms. The van der Waals surface area contributed by atoms with E-state index >= 15 is 0 Å². The van der Waals surface area contributed by atoms with Gasteiger partial charge in [-0.05, 0) is 24.0 Å². The maximum Gasteiger partial charge on any atom is 0.128 e. The number of pyridine rings is 1. The molecule has 1 aromatic rings. The zero-order valence-electron chi connectivity index (χ0n) is 11.3. The molecule has 0 radical (unpaired) electrons. The van der Waals surface area contributed by atoms with Gasteiger partial charge in [0.2, 0.25) is 0 Å². The molecule has 94 valence electrons. The highest BCUT2D eigenvalue weighted by molar-refractivity contribution is 5.42. The average molecular weight is 233 g/mol. The lowest BCUT2D eigenvalue weighted by Crippen LogP contribution is -2.50. The molecule has 1 aliphatic heterocycles. The lowest BCUT2D eigenvalue weighted by atomic mass is 9.88. The molecule has 1 unspecified atom stereocenters. The van der Waals surface area contributed by atoms with Crippen molar-refractivity contribution in [1.29, 1.82) is 0 Å². The van der Waals surface area contributed by atoms with Crippen LogP contribution in [0.1, 0.15) is 33.3 Å². The van der Waals surface area contributed by atoms with Crippen LogP contribution in [0.5, 0.6) is 0 Å². The SMILES string of the molecule is CC1CNCCN1c1ccc(C(C)(C)C)cn1. The summed E-state index contributed by atoms with van der Waals surface area (Å²) < 4.78 is 0. The molecule has 1 fully saturated rings. The minimum absolute atomic E-state index is 0.181. The number of aromatic nitrogens is 1. The van der Waals surface area contributed by atoms with Crippen molar-refractivity contribution >= 4 is 5.82 Å². The van der Waals surface area contributed by atoms with Gasteiger partial charge in [-0.25, -0.2) is 4.98 Å². The first-order valence-electron chi connectivity index (χ1n) is 6.42. The van der Waals surface area contributed by atoms with Gasteiger partial charge in [0.05, 0.1) is 0 Å². The van der Waals surface area contributed by atoms with Gasteiger partial charge in [-0.15, -0.1) is 0 Å². The molecule has 1 aromatic heterocycles. The Hall–Kier alpha value is -1.09. The summed E-state index contributed by atoms with van der Waals surface area (Å²) in [5.41, 5.74) is 1.48. The topological polar surface area (TPSA) is 28.2 Å². The van der Waals surface area contributed by atoms with E-state index in [9.17, 15) is 0 Å². The Labute approximate surface area is 104 Å². The predicted octanol–water partition coefficient (Wildman–Crippen LogP) is 2.18. The van der Waals surface area contributed by atoms with Gasteiger partial charge in [0.15, 0.2) is 0 Å². The van der Waals surface area contributed by atoms with Gasteiger partial charge < -0.3 is 10.2 Å². The van der Waals surface area contributed by atoms with E-state index in [2.05, 4.69) is 55.0 Å². The van der Waals surface area contributed by atoms with Gasteiger partial charge in [-0.2, -0.15) is 0 Å². The zero-order chi connectivity index (χ0) is 12.5. The quantitative estimate of drug-likeness (QED) is 0.806. The highest BCUT2D eigenvalue weighted by Crippen LogP contribution is 2.23. The lowest BCUT2D eigenvalue weighted by molar-refractivity contribution is 0.496. The Balaban J connectivity index is 2.17.